The number of aromatic nitrogens is 4. The van der Waals surface area contributed by atoms with Gasteiger partial charge >= 0.3 is 0 Å². The molecule has 3 N–H and O–H groups in total. The van der Waals surface area contributed by atoms with Gasteiger partial charge in [0.1, 0.15) is 0 Å². The molecule has 186 valence electrons. The number of aromatic amines is 1. The molecule has 2 amide bonds. The quantitative estimate of drug-likeness (QED) is 0.182. The lowest BCUT2D eigenvalue weighted by molar-refractivity contribution is -0.114. The molecule has 3 aromatic carbocycles. The van der Waals surface area contributed by atoms with Gasteiger partial charge in [0.2, 0.25) is 17.0 Å². The Labute approximate surface area is 229 Å². The van der Waals surface area contributed by atoms with E-state index in [9.17, 15) is 9.59 Å². The molecule has 37 heavy (non-hydrogen) atoms. The SMILES string of the molecule is O=C(CSc1n[nH]c(-c2ccccc2)n1)Nc1ccc2nc(SCC(=O)Nc3ccc(Cl)cc3)sc2c1. The molecule has 0 saturated heterocycles. The van der Waals surface area contributed by atoms with E-state index < -0.39 is 0 Å². The molecule has 5 aromatic rings. The highest BCUT2D eigenvalue weighted by molar-refractivity contribution is 8.01. The Bertz CT molecular complexity index is 1540. The number of carbonyl (C=O) groups excluding carboxylic acids is 2. The number of halogens is 1. The molecule has 0 saturated carbocycles. The van der Waals surface area contributed by atoms with Crippen molar-refractivity contribution in [1.82, 2.24) is 20.2 Å². The fourth-order valence-corrected chi connectivity index (χ4v) is 5.90. The van der Waals surface area contributed by atoms with Crippen molar-refractivity contribution in [3.05, 3.63) is 77.8 Å². The summed E-state index contributed by atoms with van der Waals surface area (Å²) in [5.74, 6) is 0.788. The number of amides is 2. The van der Waals surface area contributed by atoms with Crippen LogP contribution in [0, 0.1) is 0 Å². The third kappa shape index (κ3) is 6.89. The van der Waals surface area contributed by atoms with E-state index in [2.05, 4.69) is 30.8 Å². The normalized spacial score (nSPS) is 10.9. The average molecular weight is 567 g/mol. The minimum absolute atomic E-state index is 0.126. The Kier molecular flexibility index (Phi) is 8.05. The van der Waals surface area contributed by atoms with Crippen molar-refractivity contribution < 1.29 is 9.59 Å². The maximum atomic E-state index is 12.5. The molecule has 0 spiro atoms. The van der Waals surface area contributed by atoms with Gasteiger partial charge in [0.15, 0.2) is 10.2 Å². The molecule has 8 nitrogen and oxygen atoms in total. The number of nitrogens with zero attached hydrogens (tertiary/aromatic N) is 3. The summed E-state index contributed by atoms with van der Waals surface area (Å²) in [4.78, 5) is 33.7. The van der Waals surface area contributed by atoms with Crippen LogP contribution < -0.4 is 10.6 Å². The van der Waals surface area contributed by atoms with E-state index in [4.69, 9.17) is 11.6 Å². The predicted molar refractivity (Wildman–Crippen MR) is 152 cm³/mol. The minimum Gasteiger partial charge on any atom is -0.325 e. The lowest BCUT2D eigenvalue weighted by Gasteiger charge is -2.03. The number of hydrogen-bond acceptors (Lipinski definition) is 8. The number of thioether (sulfide) groups is 2. The minimum atomic E-state index is -0.159. The van der Waals surface area contributed by atoms with Crippen LogP contribution in [0.2, 0.25) is 5.02 Å². The summed E-state index contributed by atoms with van der Waals surface area (Å²) < 4.78 is 1.70. The van der Waals surface area contributed by atoms with Crippen molar-refractivity contribution >= 4 is 79.9 Å². The second kappa shape index (κ2) is 11.8. The summed E-state index contributed by atoms with van der Waals surface area (Å²) >= 11 is 9.97. The van der Waals surface area contributed by atoms with Crippen molar-refractivity contribution in [2.24, 2.45) is 0 Å². The number of rotatable bonds is 9. The third-order valence-corrected chi connectivity index (χ3v) is 8.21. The monoisotopic (exact) mass is 566 g/mol. The molecule has 12 heteroatoms. The first-order valence-electron chi connectivity index (χ1n) is 11.0. The molecule has 0 aliphatic rings. The molecule has 0 radical (unpaired) electrons. The molecule has 2 aromatic heterocycles. The number of anilines is 2. The first-order valence-corrected chi connectivity index (χ1v) is 14.2. The van der Waals surface area contributed by atoms with Gasteiger partial charge in [-0.25, -0.2) is 9.97 Å². The number of carbonyl (C=O) groups is 2. The average Bonchev–Trinajstić information content (AvgIpc) is 3.55. The van der Waals surface area contributed by atoms with Crippen LogP contribution >= 0.6 is 46.5 Å². The van der Waals surface area contributed by atoms with Gasteiger partial charge in [-0.3, -0.25) is 14.7 Å². The number of hydrogen-bond donors (Lipinski definition) is 3. The van der Waals surface area contributed by atoms with E-state index in [1.54, 1.807) is 24.3 Å². The van der Waals surface area contributed by atoms with Gasteiger partial charge in [0.25, 0.3) is 0 Å². The summed E-state index contributed by atoms with van der Waals surface area (Å²) in [5, 5.41) is 13.9. The summed E-state index contributed by atoms with van der Waals surface area (Å²) in [6.45, 7) is 0. The van der Waals surface area contributed by atoms with Crippen LogP contribution in [-0.4, -0.2) is 43.5 Å². The summed E-state index contributed by atoms with van der Waals surface area (Å²) in [6.07, 6.45) is 0. The first kappa shape index (κ1) is 25.3. The molecular weight excluding hydrogens is 548 g/mol. The van der Waals surface area contributed by atoms with Crippen LogP contribution in [0.25, 0.3) is 21.6 Å². The van der Waals surface area contributed by atoms with E-state index >= 15 is 0 Å². The Morgan fingerprint density at radius 1 is 0.865 bits per heavy atom. The van der Waals surface area contributed by atoms with E-state index in [-0.39, 0.29) is 23.3 Å². The maximum absolute atomic E-state index is 12.5. The van der Waals surface area contributed by atoms with Crippen LogP contribution in [0.4, 0.5) is 11.4 Å². The smallest absolute Gasteiger partial charge is 0.234 e. The highest BCUT2D eigenvalue weighted by atomic mass is 35.5. The largest absolute Gasteiger partial charge is 0.325 e. The predicted octanol–water partition coefficient (Wildman–Crippen LogP) is 6.20. The highest BCUT2D eigenvalue weighted by Crippen LogP contribution is 2.31. The summed E-state index contributed by atoms with van der Waals surface area (Å²) in [6, 6.07) is 22.2. The standard InChI is InChI=1S/C25H19ClN6O2S3/c26-16-6-8-17(9-7-16)27-22(34)14-36-25-29-19-11-10-18(12-20(19)37-25)28-21(33)13-35-24-30-23(31-32-24)15-4-2-1-3-5-15/h1-12H,13-14H2,(H,27,34)(H,28,33)(H,30,31,32). The Hall–Kier alpha value is -3.38. The van der Waals surface area contributed by atoms with E-state index in [1.807, 2.05) is 48.5 Å². The first-order chi connectivity index (χ1) is 18.0. The second-order valence-electron chi connectivity index (χ2n) is 7.68. The van der Waals surface area contributed by atoms with Gasteiger partial charge < -0.3 is 10.6 Å². The number of H-pyrrole nitrogens is 1. The van der Waals surface area contributed by atoms with Crippen molar-refractivity contribution in [3.63, 3.8) is 0 Å². The fraction of sp³-hybridized carbons (Fsp3) is 0.0800. The van der Waals surface area contributed by atoms with Crippen molar-refractivity contribution in [3.8, 4) is 11.4 Å². The van der Waals surface area contributed by atoms with Gasteiger partial charge in [0, 0.05) is 22.0 Å². The molecule has 0 unspecified atom stereocenters. The lowest BCUT2D eigenvalue weighted by Crippen LogP contribution is -2.14. The Morgan fingerprint density at radius 2 is 1.57 bits per heavy atom. The lowest BCUT2D eigenvalue weighted by atomic mass is 10.2. The molecule has 2 heterocycles. The van der Waals surface area contributed by atoms with Gasteiger partial charge in [-0.1, -0.05) is 65.5 Å². The number of fused-ring (bicyclic) bond motifs is 1. The molecule has 0 bridgehead atoms. The van der Waals surface area contributed by atoms with E-state index in [1.165, 1.54) is 34.9 Å². The molecule has 5 rings (SSSR count). The molecule has 0 fully saturated rings. The van der Waals surface area contributed by atoms with Crippen LogP contribution in [0.5, 0.6) is 0 Å². The number of nitrogens with one attached hydrogen (secondary N) is 3. The van der Waals surface area contributed by atoms with Gasteiger partial charge in [-0.05, 0) is 42.5 Å². The Balaban J connectivity index is 1.12. The van der Waals surface area contributed by atoms with Gasteiger partial charge in [0.05, 0.1) is 21.7 Å². The van der Waals surface area contributed by atoms with Crippen molar-refractivity contribution in [2.45, 2.75) is 9.50 Å². The zero-order chi connectivity index (χ0) is 25.6. The van der Waals surface area contributed by atoms with Gasteiger partial charge in [-0.15, -0.1) is 16.4 Å². The molecule has 0 aliphatic carbocycles. The zero-order valence-electron chi connectivity index (χ0n) is 19.1. The van der Waals surface area contributed by atoms with E-state index in [0.29, 0.717) is 27.4 Å². The summed E-state index contributed by atoms with van der Waals surface area (Å²) in [5.41, 5.74) is 3.12. The van der Waals surface area contributed by atoms with Crippen LogP contribution in [-0.2, 0) is 9.59 Å². The van der Waals surface area contributed by atoms with Gasteiger partial charge in [-0.2, -0.15) is 0 Å². The molecule has 0 aliphatic heterocycles. The number of thiazole rings is 1. The third-order valence-electron chi connectivity index (χ3n) is 4.95. The summed E-state index contributed by atoms with van der Waals surface area (Å²) in [7, 11) is 0. The number of benzene rings is 3. The van der Waals surface area contributed by atoms with Crippen LogP contribution in [0.3, 0.4) is 0 Å². The van der Waals surface area contributed by atoms with E-state index in [0.717, 1.165) is 20.1 Å². The second-order valence-corrected chi connectivity index (χ2v) is 11.3. The maximum Gasteiger partial charge on any atom is 0.234 e. The molecule has 0 atom stereocenters. The van der Waals surface area contributed by atoms with Crippen molar-refractivity contribution in [2.75, 3.05) is 22.1 Å². The highest BCUT2D eigenvalue weighted by Gasteiger charge is 2.12. The topological polar surface area (TPSA) is 113 Å². The molecular formula is C25H19ClN6O2S3. The zero-order valence-corrected chi connectivity index (χ0v) is 22.3. The van der Waals surface area contributed by atoms with Crippen LogP contribution in [0.15, 0.2) is 82.3 Å². The fourth-order valence-electron chi connectivity index (χ4n) is 3.26. The van der Waals surface area contributed by atoms with Crippen molar-refractivity contribution in [1.29, 1.82) is 0 Å². The van der Waals surface area contributed by atoms with Crippen LogP contribution in [0.1, 0.15) is 0 Å². The Morgan fingerprint density at radius 3 is 2.35 bits per heavy atom.